The van der Waals surface area contributed by atoms with Crippen molar-refractivity contribution in [3.05, 3.63) is 12.4 Å². The lowest BCUT2D eigenvalue weighted by Gasteiger charge is -2.35. The molecule has 0 atom stereocenters. The highest BCUT2D eigenvalue weighted by Gasteiger charge is 2.27. The van der Waals surface area contributed by atoms with E-state index in [4.69, 9.17) is 4.99 Å². The molecule has 0 aromatic carbocycles. The van der Waals surface area contributed by atoms with Gasteiger partial charge in [-0.25, -0.2) is 0 Å². The van der Waals surface area contributed by atoms with E-state index in [1.54, 1.807) is 15.8 Å². The van der Waals surface area contributed by atoms with Crippen molar-refractivity contribution < 1.29 is 4.79 Å². The van der Waals surface area contributed by atoms with Crippen LogP contribution in [0, 0.1) is 0 Å². The van der Waals surface area contributed by atoms with Crippen molar-refractivity contribution in [1.29, 1.82) is 0 Å². The second-order valence-electron chi connectivity index (χ2n) is 6.53. The normalized spacial score (nSPS) is 19.2. The van der Waals surface area contributed by atoms with E-state index < -0.39 is 0 Å². The van der Waals surface area contributed by atoms with Crippen LogP contribution < -0.4 is 10.2 Å². The molecule has 0 saturated carbocycles. The molecular weight excluding hydrogens is 477 g/mol. The second-order valence-corrected chi connectivity index (χ2v) is 7.75. The predicted molar refractivity (Wildman–Crippen MR) is 122 cm³/mol. The summed E-state index contributed by atoms with van der Waals surface area (Å²) in [5, 5.41) is 7.50. The van der Waals surface area contributed by atoms with Gasteiger partial charge in [-0.2, -0.15) is 16.9 Å². The van der Waals surface area contributed by atoms with Crippen molar-refractivity contribution in [3.63, 3.8) is 0 Å². The molecule has 3 heterocycles. The van der Waals surface area contributed by atoms with E-state index in [2.05, 4.69) is 27.1 Å². The van der Waals surface area contributed by atoms with Gasteiger partial charge in [0.25, 0.3) is 0 Å². The smallest absolute Gasteiger partial charge is 0.246 e. The molecule has 152 valence electrons. The molecule has 27 heavy (non-hydrogen) atoms. The Balaban J connectivity index is 0.00000261. The van der Waals surface area contributed by atoms with E-state index in [1.807, 2.05) is 25.0 Å². The number of hydrogen-bond donors (Lipinski definition) is 1. The quantitative estimate of drug-likeness (QED) is 0.360. The largest absolute Gasteiger partial charge is 0.357 e. The number of thioether (sulfide) groups is 1. The molecule has 1 amide bonds. The Morgan fingerprint density at radius 2 is 2.07 bits per heavy atom. The van der Waals surface area contributed by atoms with Gasteiger partial charge in [0.05, 0.1) is 18.4 Å². The maximum Gasteiger partial charge on any atom is 0.246 e. The fraction of sp³-hybridized carbons (Fsp3) is 0.706. The minimum atomic E-state index is 0. The number of amides is 1. The van der Waals surface area contributed by atoms with Gasteiger partial charge in [-0.15, -0.1) is 24.0 Å². The van der Waals surface area contributed by atoms with E-state index in [9.17, 15) is 4.79 Å². The summed E-state index contributed by atoms with van der Waals surface area (Å²) >= 11 is 2.02. The third-order valence-electron chi connectivity index (χ3n) is 4.64. The standard InChI is InChI=1S/C17H29N7OS.HI/c1-3-18-17(19-4-5-22-8-10-26-11-9-22)23-6-7-24(16(25)14-23)15-12-20-21(2)13-15;/h12-13H,3-11,14H2,1-2H3,(H,18,19);1H. The molecule has 1 aromatic rings. The summed E-state index contributed by atoms with van der Waals surface area (Å²) in [6.07, 6.45) is 3.62. The van der Waals surface area contributed by atoms with Crippen LogP contribution in [0.25, 0.3) is 0 Å². The number of aliphatic imine (C=N–C) groups is 1. The first kappa shape index (κ1) is 22.3. The van der Waals surface area contributed by atoms with E-state index in [0.29, 0.717) is 13.1 Å². The monoisotopic (exact) mass is 507 g/mol. The van der Waals surface area contributed by atoms with Crippen LogP contribution >= 0.6 is 35.7 Å². The van der Waals surface area contributed by atoms with Crippen LogP contribution in [0.2, 0.25) is 0 Å². The molecular formula is C17H30IN7OS. The summed E-state index contributed by atoms with van der Waals surface area (Å²) < 4.78 is 1.72. The zero-order chi connectivity index (χ0) is 18.4. The number of carbonyl (C=O) groups is 1. The Kier molecular flexibility index (Phi) is 9.16. The molecule has 1 aromatic heterocycles. The third kappa shape index (κ3) is 6.24. The van der Waals surface area contributed by atoms with Crippen molar-refractivity contribution in [2.24, 2.45) is 12.0 Å². The molecule has 8 nitrogen and oxygen atoms in total. The van der Waals surface area contributed by atoms with Crippen molar-refractivity contribution in [1.82, 2.24) is 24.9 Å². The van der Waals surface area contributed by atoms with Crippen LogP contribution in [0.5, 0.6) is 0 Å². The van der Waals surface area contributed by atoms with Crippen molar-refractivity contribution in [2.75, 3.05) is 68.8 Å². The molecule has 1 N–H and O–H groups in total. The number of carbonyl (C=O) groups excluding carboxylic acids is 1. The Morgan fingerprint density at radius 1 is 1.30 bits per heavy atom. The molecule has 2 aliphatic heterocycles. The summed E-state index contributed by atoms with van der Waals surface area (Å²) in [6, 6.07) is 0. The van der Waals surface area contributed by atoms with Crippen molar-refractivity contribution in [3.8, 4) is 0 Å². The van der Waals surface area contributed by atoms with Gasteiger partial charge in [-0.3, -0.25) is 19.4 Å². The lowest BCUT2D eigenvalue weighted by atomic mass is 10.3. The Hall–Kier alpha value is -1.01. The number of halogens is 1. The minimum absolute atomic E-state index is 0. The molecule has 0 aliphatic carbocycles. The summed E-state index contributed by atoms with van der Waals surface area (Å²) in [7, 11) is 1.86. The third-order valence-corrected chi connectivity index (χ3v) is 5.58. The van der Waals surface area contributed by atoms with Gasteiger partial charge in [-0.05, 0) is 6.92 Å². The number of aromatic nitrogens is 2. The minimum Gasteiger partial charge on any atom is -0.357 e. The van der Waals surface area contributed by atoms with Crippen molar-refractivity contribution >= 4 is 53.3 Å². The molecule has 0 spiro atoms. The van der Waals surface area contributed by atoms with Crippen LogP contribution in [0.3, 0.4) is 0 Å². The lowest BCUT2D eigenvalue weighted by Crippen LogP contribution is -2.55. The summed E-state index contributed by atoms with van der Waals surface area (Å²) in [4.78, 5) is 23.7. The average Bonchev–Trinajstić information content (AvgIpc) is 3.08. The summed E-state index contributed by atoms with van der Waals surface area (Å²) in [5.74, 6) is 3.37. The first-order valence-electron chi connectivity index (χ1n) is 9.29. The van der Waals surface area contributed by atoms with Gasteiger partial charge >= 0.3 is 0 Å². The topological polar surface area (TPSA) is 69.0 Å². The highest BCUT2D eigenvalue weighted by atomic mass is 127. The highest BCUT2D eigenvalue weighted by Crippen LogP contribution is 2.16. The lowest BCUT2D eigenvalue weighted by molar-refractivity contribution is -0.120. The number of anilines is 1. The van der Waals surface area contributed by atoms with Crippen molar-refractivity contribution in [2.45, 2.75) is 6.92 Å². The van der Waals surface area contributed by atoms with Gasteiger partial charge in [0.15, 0.2) is 5.96 Å². The molecule has 2 aliphatic rings. The van der Waals surface area contributed by atoms with E-state index in [-0.39, 0.29) is 29.9 Å². The number of nitrogens with zero attached hydrogens (tertiary/aromatic N) is 6. The molecule has 0 unspecified atom stereocenters. The number of nitrogens with one attached hydrogen (secondary N) is 1. The summed E-state index contributed by atoms with van der Waals surface area (Å²) in [6.45, 7) is 8.69. The van der Waals surface area contributed by atoms with Gasteiger partial charge in [0.1, 0.15) is 6.54 Å². The molecule has 0 radical (unpaired) electrons. The van der Waals surface area contributed by atoms with Crippen LogP contribution in [0.15, 0.2) is 17.4 Å². The zero-order valence-electron chi connectivity index (χ0n) is 16.1. The fourth-order valence-corrected chi connectivity index (χ4v) is 4.20. The number of aryl methyl sites for hydroxylation is 1. The van der Waals surface area contributed by atoms with Gasteiger partial charge in [-0.1, -0.05) is 0 Å². The highest BCUT2D eigenvalue weighted by molar-refractivity contribution is 14.0. The number of rotatable bonds is 5. The maximum atomic E-state index is 12.6. The molecule has 2 saturated heterocycles. The maximum absolute atomic E-state index is 12.6. The molecule has 2 fully saturated rings. The second kappa shape index (κ2) is 11.1. The van der Waals surface area contributed by atoms with E-state index in [0.717, 1.165) is 50.9 Å². The van der Waals surface area contributed by atoms with Crippen LogP contribution in [0.1, 0.15) is 6.92 Å². The van der Waals surface area contributed by atoms with Crippen LogP contribution in [0.4, 0.5) is 5.69 Å². The fourth-order valence-electron chi connectivity index (χ4n) is 3.22. The molecule has 0 bridgehead atoms. The van der Waals surface area contributed by atoms with E-state index in [1.165, 1.54) is 11.5 Å². The van der Waals surface area contributed by atoms with Gasteiger partial charge < -0.3 is 15.1 Å². The number of piperazine rings is 1. The van der Waals surface area contributed by atoms with E-state index >= 15 is 0 Å². The Morgan fingerprint density at radius 3 is 2.70 bits per heavy atom. The Bertz CT molecular complexity index is 633. The SMILES string of the molecule is CCNC(=NCCN1CCSCC1)N1CCN(c2cnn(C)c2)C(=O)C1.I. The number of guanidine groups is 1. The first-order chi connectivity index (χ1) is 12.7. The van der Waals surface area contributed by atoms with Crippen LogP contribution in [-0.4, -0.2) is 95.3 Å². The summed E-state index contributed by atoms with van der Waals surface area (Å²) in [5.41, 5.74) is 0.863. The Labute approximate surface area is 182 Å². The molecule has 10 heteroatoms. The molecule has 3 rings (SSSR count). The average molecular weight is 507 g/mol. The first-order valence-corrected chi connectivity index (χ1v) is 10.4. The zero-order valence-corrected chi connectivity index (χ0v) is 19.3. The predicted octanol–water partition coefficient (Wildman–Crippen LogP) is 0.701. The van der Waals surface area contributed by atoms with Gasteiger partial charge in [0.2, 0.25) is 5.91 Å². The van der Waals surface area contributed by atoms with Gasteiger partial charge in [0, 0.05) is 64.0 Å². The number of hydrogen-bond acceptors (Lipinski definition) is 5. The van der Waals surface area contributed by atoms with Crippen LogP contribution in [-0.2, 0) is 11.8 Å².